The molecule has 0 saturated carbocycles. The first-order chi connectivity index (χ1) is 10.9. The van der Waals surface area contributed by atoms with E-state index in [4.69, 9.17) is 10.8 Å². The van der Waals surface area contributed by atoms with Crippen molar-refractivity contribution in [2.24, 2.45) is 0 Å². The SMILES string of the molecule is Nc1cccc(C(=O)N(CCC(=O)O)c2ccc(Br)cc2F)c1. The Morgan fingerprint density at radius 3 is 2.57 bits per heavy atom. The van der Waals surface area contributed by atoms with Crippen LogP contribution >= 0.6 is 15.9 Å². The molecule has 1 amide bonds. The maximum atomic E-state index is 14.2. The fourth-order valence-electron chi connectivity index (χ4n) is 2.07. The van der Waals surface area contributed by atoms with Gasteiger partial charge in [0.05, 0.1) is 12.1 Å². The van der Waals surface area contributed by atoms with Crippen LogP contribution in [0.5, 0.6) is 0 Å². The number of benzene rings is 2. The van der Waals surface area contributed by atoms with E-state index < -0.39 is 17.7 Å². The Balaban J connectivity index is 2.40. The highest BCUT2D eigenvalue weighted by Gasteiger charge is 2.21. The van der Waals surface area contributed by atoms with Gasteiger partial charge in [0.25, 0.3) is 5.91 Å². The van der Waals surface area contributed by atoms with Gasteiger partial charge in [-0.05, 0) is 36.4 Å². The molecule has 0 fully saturated rings. The highest BCUT2D eigenvalue weighted by molar-refractivity contribution is 9.10. The zero-order chi connectivity index (χ0) is 17.0. The Morgan fingerprint density at radius 2 is 1.96 bits per heavy atom. The lowest BCUT2D eigenvalue weighted by molar-refractivity contribution is -0.136. The van der Waals surface area contributed by atoms with E-state index in [1.165, 1.54) is 18.2 Å². The molecule has 5 nitrogen and oxygen atoms in total. The predicted molar refractivity (Wildman–Crippen MR) is 88.9 cm³/mol. The quantitative estimate of drug-likeness (QED) is 0.779. The maximum absolute atomic E-state index is 14.2. The molecule has 2 aromatic rings. The van der Waals surface area contributed by atoms with Crippen molar-refractivity contribution in [2.75, 3.05) is 17.2 Å². The molecule has 2 rings (SSSR count). The number of carbonyl (C=O) groups is 2. The number of rotatable bonds is 5. The van der Waals surface area contributed by atoms with Crippen molar-refractivity contribution in [1.82, 2.24) is 0 Å². The number of carboxylic acid groups (broad SMARTS) is 1. The van der Waals surface area contributed by atoms with Crippen LogP contribution in [0, 0.1) is 5.82 Å². The van der Waals surface area contributed by atoms with Crippen LogP contribution in [0.25, 0.3) is 0 Å². The third-order valence-corrected chi connectivity index (χ3v) is 3.62. The van der Waals surface area contributed by atoms with Gasteiger partial charge in [0.15, 0.2) is 0 Å². The van der Waals surface area contributed by atoms with Crippen molar-refractivity contribution in [3.8, 4) is 0 Å². The molecule has 0 aliphatic carbocycles. The van der Waals surface area contributed by atoms with Gasteiger partial charge in [-0.15, -0.1) is 0 Å². The van der Waals surface area contributed by atoms with E-state index in [1.807, 2.05) is 0 Å². The molecule has 23 heavy (non-hydrogen) atoms. The molecule has 2 aromatic carbocycles. The third-order valence-electron chi connectivity index (χ3n) is 3.13. The monoisotopic (exact) mass is 380 g/mol. The summed E-state index contributed by atoms with van der Waals surface area (Å²) in [7, 11) is 0. The largest absolute Gasteiger partial charge is 0.481 e. The number of aliphatic carboxylic acids is 1. The lowest BCUT2D eigenvalue weighted by Gasteiger charge is -2.23. The van der Waals surface area contributed by atoms with Gasteiger partial charge in [0.1, 0.15) is 5.82 Å². The maximum Gasteiger partial charge on any atom is 0.305 e. The van der Waals surface area contributed by atoms with Gasteiger partial charge < -0.3 is 15.7 Å². The van der Waals surface area contributed by atoms with Gasteiger partial charge in [-0.2, -0.15) is 0 Å². The second-order valence-electron chi connectivity index (χ2n) is 4.82. The first-order valence-electron chi connectivity index (χ1n) is 6.72. The van der Waals surface area contributed by atoms with Crippen LogP contribution < -0.4 is 10.6 Å². The van der Waals surface area contributed by atoms with E-state index in [2.05, 4.69) is 15.9 Å². The Kier molecular flexibility index (Phi) is 5.33. The number of hydrogen-bond donors (Lipinski definition) is 2. The molecule has 0 radical (unpaired) electrons. The molecule has 7 heteroatoms. The number of amides is 1. The van der Waals surface area contributed by atoms with E-state index in [0.29, 0.717) is 10.2 Å². The van der Waals surface area contributed by atoms with E-state index in [9.17, 15) is 14.0 Å². The Hall–Kier alpha value is -2.41. The highest BCUT2D eigenvalue weighted by atomic mass is 79.9. The molecule has 0 heterocycles. The van der Waals surface area contributed by atoms with Crippen LogP contribution in [0.3, 0.4) is 0 Å². The van der Waals surface area contributed by atoms with E-state index in [-0.39, 0.29) is 24.2 Å². The molecule has 0 bridgehead atoms. The summed E-state index contributed by atoms with van der Waals surface area (Å²) < 4.78 is 14.7. The van der Waals surface area contributed by atoms with Gasteiger partial charge in [-0.3, -0.25) is 9.59 Å². The molecule has 0 unspecified atom stereocenters. The number of anilines is 2. The van der Waals surface area contributed by atoms with Crippen molar-refractivity contribution in [1.29, 1.82) is 0 Å². The first kappa shape index (κ1) is 17.0. The van der Waals surface area contributed by atoms with Crippen LogP contribution in [0.1, 0.15) is 16.8 Å². The summed E-state index contributed by atoms with van der Waals surface area (Å²) in [6.07, 6.45) is -0.302. The number of nitrogens with zero attached hydrogens (tertiary/aromatic N) is 1. The zero-order valence-electron chi connectivity index (χ0n) is 12.0. The van der Waals surface area contributed by atoms with Gasteiger partial charge in [0.2, 0.25) is 0 Å². The zero-order valence-corrected chi connectivity index (χ0v) is 13.6. The average Bonchev–Trinajstić information content (AvgIpc) is 2.48. The summed E-state index contributed by atoms with van der Waals surface area (Å²) >= 11 is 3.15. The van der Waals surface area contributed by atoms with Crippen LogP contribution in [-0.2, 0) is 4.79 Å². The summed E-state index contributed by atoms with van der Waals surface area (Å²) in [5, 5.41) is 8.86. The minimum Gasteiger partial charge on any atom is -0.481 e. The summed E-state index contributed by atoms with van der Waals surface area (Å²) in [6.45, 7) is -0.151. The smallest absolute Gasteiger partial charge is 0.305 e. The molecular weight excluding hydrogens is 367 g/mol. The van der Waals surface area contributed by atoms with Crippen molar-refractivity contribution >= 4 is 39.2 Å². The summed E-state index contributed by atoms with van der Waals surface area (Å²) in [5.41, 5.74) is 6.33. The lowest BCUT2D eigenvalue weighted by Crippen LogP contribution is -2.33. The fourth-order valence-corrected chi connectivity index (χ4v) is 2.40. The molecule has 0 aliphatic rings. The van der Waals surface area contributed by atoms with Crippen LogP contribution in [0.15, 0.2) is 46.9 Å². The second-order valence-corrected chi connectivity index (χ2v) is 5.74. The predicted octanol–water partition coefficient (Wildman–Crippen LogP) is 3.29. The molecule has 0 spiro atoms. The number of nitrogens with two attached hydrogens (primary N) is 1. The van der Waals surface area contributed by atoms with E-state index >= 15 is 0 Å². The first-order valence-corrected chi connectivity index (χ1v) is 7.52. The summed E-state index contributed by atoms with van der Waals surface area (Å²) in [6, 6.07) is 10.5. The molecular formula is C16H14BrFN2O3. The number of nitrogen functional groups attached to an aromatic ring is 1. The lowest BCUT2D eigenvalue weighted by atomic mass is 10.1. The van der Waals surface area contributed by atoms with Crippen LogP contribution in [0.2, 0.25) is 0 Å². The number of carbonyl (C=O) groups excluding carboxylic acids is 1. The number of carboxylic acids is 1. The highest BCUT2D eigenvalue weighted by Crippen LogP contribution is 2.25. The number of hydrogen-bond acceptors (Lipinski definition) is 3. The van der Waals surface area contributed by atoms with Gasteiger partial charge in [-0.25, -0.2) is 4.39 Å². The molecule has 0 saturated heterocycles. The third kappa shape index (κ3) is 4.29. The fraction of sp³-hybridized carbons (Fsp3) is 0.125. The average molecular weight is 381 g/mol. The van der Waals surface area contributed by atoms with Gasteiger partial charge in [-0.1, -0.05) is 22.0 Å². The normalized spacial score (nSPS) is 10.3. The molecule has 120 valence electrons. The van der Waals surface area contributed by atoms with E-state index in [1.54, 1.807) is 24.3 Å². The molecule has 0 aromatic heterocycles. The Bertz CT molecular complexity index is 752. The minimum absolute atomic E-state index is 0.0156. The van der Waals surface area contributed by atoms with Crippen molar-refractivity contribution < 1.29 is 19.1 Å². The second kappa shape index (κ2) is 7.23. The van der Waals surface area contributed by atoms with Crippen molar-refractivity contribution in [3.63, 3.8) is 0 Å². The molecule has 0 aliphatic heterocycles. The molecule has 3 N–H and O–H groups in total. The van der Waals surface area contributed by atoms with Crippen molar-refractivity contribution in [2.45, 2.75) is 6.42 Å². The Labute approximate surface area is 140 Å². The minimum atomic E-state index is -1.08. The van der Waals surface area contributed by atoms with Crippen molar-refractivity contribution in [3.05, 3.63) is 58.3 Å². The summed E-state index contributed by atoms with van der Waals surface area (Å²) in [4.78, 5) is 24.6. The number of halogens is 2. The molecule has 0 atom stereocenters. The van der Waals surface area contributed by atoms with Crippen LogP contribution in [-0.4, -0.2) is 23.5 Å². The Morgan fingerprint density at radius 1 is 1.22 bits per heavy atom. The van der Waals surface area contributed by atoms with Gasteiger partial charge in [0, 0.05) is 22.3 Å². The standard InChI is InChI=1S/C16H14BrFN2O3/c17-11-4-5-14(13(18)9-11)20(7-6-15(21)22)16(23)10-2-1-3-12(19)8-10/h1-5,8-9H,6-7,19H2,(H,21,22). The van der Waals surface area contributed by atoms with E-state index in [0.717, 1.165) is 4.90 Å². The van der Waals surface area contributed by atoms with Crippen LogP contribution in [0.4, 0.5) is 15.8 Å². The topological polar surface area (TPSA) is 83.6 Å². The summed E-state index contributed by atoms with van der Waals surface area (Å²) in [5.74, 6) is -2.21. The van der Waals surface area contributed by atoms with Gasteiger partial charge >= 0.3 is 5.97 Å².